The standard InChI is InChI=1S/C16H15N3O2S2/c1-19(16-17-5-7-22-16)15(20)12-9-23-14(18-12)11-2-3-13-10(8-11)4-6-21-13/h2,5,7-9,13H,3-4,6H2,1H3. The monoisotopic (exact) mass is 345 g/mol. The minimum absolute atomic E-state index is 0.131. The summed E-state index contributed by atoms with van der Waals surface area (Å²) < 4.78 is 5.66. The number of amides is 1. The number of nitrogens with zero attached hydrogens (tertiary/aromatic N) is 3. The molecule has 1 amide bonds. The van der Waals surface area contributed by atoms with Crippen molar-refractivity contribution >= 4 is 39.3 Å². The molecule has 0 spiro atoms. The number of hydrogen-bond acceptors (Lipinski definition) is 6. The van der Waals surface area contributed by atoms with E-state index in [0.29, 0.717) is 10.8 Å². The van der Waals surface area contributed by atoms with E-state index in [0.717, 1.165) is 30.0 Å². The SMILES string of the molecule is CN(C(=O)c1csc(C2=CCC3OCCC3=C2)n1)c1nccs1. The number of carbonyl (C=O) groups is 1. The van der Waals surface area contributed by atoms with Crippen LogP contribution >= 0.6 is 22.7 Å². The molecule has 1 fully saturated rings. The van der Waals surface area contributed by atoms with Gasteiger partial charge in [-0.3, -0.25) is 9.69 Å². The number of aromatic nitrogens is 2. The van der Waals surface area contributed by atoms with E-state index in [9.17, 15) is 4.79 Å². The summed E-state index contributed by atoms with van der Waals surface area (Å²) in [6, 6.07) is 0. The molecule has 2 aromatic heterocycles. The van der Waals surface area contributed by atoms with E-state index in [1.807, 2.05) is 10.8 Å². The molecule has 23 heavy (non-hydrogen) atoms. The van der Waals surface area contributed by atoms with Gasteiger partial charge in [0.15, 0.2) is 5.13 Å². The number of hydrogen-bond donors (Lipinski definition) is 0. The van der Waals surface area contributed by atoms with Crippen LogP contribution < -0.4 is 4.90 Å². The molecule has 2 aromatic rings. The Morgan fingerprint density at radius 1 is 1.43 bits per heavy atom. The maximum Gasteiger partial charge on any atom is 0.279 e. The summed E-state index contributed by atoms with van der Waals surface area (Å²) in [5.41, 5.74) is 2.90. The van der Waals surface area contributed by atoms with Gasteiger partial charge >= 0.3 is 0 Å². The summed E-state index contributed by atoms with van der Waals surface area (Å²) in [5.74, 6) is -0.131. The van der Waals surface area contributed by atoms with Crippen molar-refractivity contribution in [1.82, 2.24) is 9.97 Å². The van der Waals surface area contributed by atoms with Gasteiger partial charge in [-0.1, -0.05) is 12.2 Å². The summed E-state index contributed by atoms with van der Waals surface area (Å²) in [7, 11) is 1.72. The lowest BCUT2D eigenvalue weighted by atomic mass is 9.97. The quantitative estimate of drug-likeness (QED) is 0.856. The predicted molar refractivity (Wildman–Crippen MR) is 92.0 cm³/mol. The fraction of sp³-hybridized carbons (Fsp3) is 0.312. The summed E-state index contributed by atoms with van der Waals surface area (Å²) in [5, 5.41) is 5.23. The number of allylic oxidation sites excluding steroid dienone is 2. The van der Waals surface area contributed by atoms with Crippen LogP contribution in [-0.2, 0) is 4.74 Å². The van der Waals surface area contributed by atoms with Gasteiger partial charge in [-0.2, -0.15) is 0 Å². The van der Waals surface area contributed by atoms with Gasteiger partial charge in [-0.05, 0) is 18.4 Å². The molecule has 3 heterocycles. The Bertz CT molecular complexity index is 792. The third-order valence-electron chi connectivity index (χ3n) is 4.00. The first kappa shape index (κ1) is 14.7. The second-order valence-electron chi connectivity index (χ2n) is 5.44. The molecule has 1 aliphatic heterocycles. The van der Waals surface area contributed by atoms with Gasteiger partial charge in [0, 0.05) is 29.6 Å². The molecule has 1 aliphatic carbocycles. The normalized spacial score (nSPS) is 20.0. The number of carbonyl (C=O) groups excluding carboxylic acids is 1. The Hall–Kier alpha value is -1.83. The third-order valence-corrected chi connectivity index (χ3v) is 5.74. The van der Waals surface area contributed by atoms with E-state index in [1.165, 1.54) is 33.1 Å². The van der Waals surface area contributed by atoms with Crippen molar-refractivity contribution < 1.29 is 9.53 Å². The topological polar surface area (TPSA) is 55.3 Å². The smallest absolute Gasteiger partial charge is 0.279 e. The third kappa shape index (κ3) is 2.75. The van der Waals surface area contributed by atoms with E-state index in [-0.39, 0.29) is 12.0 Å². The molecular formula is C16H15N3O2S2. The minimum Gasteiger partial charge on any atom is -0.373 e. The van der Waals surface area contributed by atoms with Crippen molar-refractivity contribution in [3.63, 3.8) is 0 Å². The van der Waals surface area contributed by atoms with Crippen molar-refractivity contribution in [3.8, 4) is 0 Å². The van der Waals surface area contributed by atoms with E-state index < -0.39 is 0 Å². The molecule has 0 aromatic carbocycles. The summed E-state index contributed by atoms with van der Waals surface area (Å²) in [6.45, 7) is 0.803. The van der Waals surface area contributed by atoms with Crippen molar-refractivity contribution in [3.05, 3.63) is 45.4 Å². The van der Waals surface area contributed by atoms with Crippen LogP contribution in [0.4, 0.5) is 5.13 Å². The van der Waals surface area contributed by atoms with Crippen LogP contribution in [-0.4, -0.2) is 35.6 Å². The Balaban J connectivity index is 1.55. The largest absolute Gasteiger partial charge is 0.373 e. The van der Waals surface area contributed by atoms with E-state index in [4.69, 9.17) is 4.74 Å². The second kappa shape index (κ2) is 5.99. The van der Waals surface area contributed by atoms with Gasteiger partial charge < -0.3 is 4.74 Å². The molecule has 1 atom stereocenters. The molecule has 1 saturated heterocycles. The Labute approximate surface area is 142 Å². The molecule has 1 unspecified atom stereocenters. The van der Waals surface area contributed by atoms with Crippen LogP contribution in [0.1, 0.15) is 28.3 Å². The van der Waals surface area contributed by atoms with Gasteiger partial charge in [0.25, 0.3) is 5.91 Å². The van der Waals surface area contributed by atoms with Gasteiger partial charge in [-0.25, -0.2) is 9.97 Å². The Morgan fingerprint density at radius 2 is 2.35 bits per heavy atom. The molecule has 7 heteroatoms. The Kier molecular flexibility index (Phi) is 3.84. The van der Waals surface area contributed by atoms with Gasteiger partial charge in [0.05, 0.1) is 12.7 Å². The second-order valence-corrected chi connectivity index (χ2v) is 7.17. The van der Waals surface area contributed by atoms with E-state index >= 15 is 0 Å². The van der Waals surface area contributed by atoms with Crippen molar-refractivity contribution in [2.75, 3.05) is 18.6 Å². The first-order valence-electron chi connectivity index (χ1n) is 7.38. The van der Waals surface area contributed by atoms with E-state index in [2.05, 4.69) is 22.1 Å². The van der Waals surface area contributed by atoms with Crippen molar-refractivity contribution in [2.24, 2.45) is 0 Å². The maximum atomic E-state index is 12.5. The predicted octanol–water partition coefficient (Wildman–Crippen LogP) is 3.38. The fourth-order valence-corrected chi connectivity index (χ4v) is 4.17. The molecule has 118 valence electrons. The first-order valence-corrected chi connectivity index (χ1v) is 9.14. The maximum absolute atomic E-state index is 12.5. The highest BCUT2D eigenvalue weighted by atomic mass is 32.1. The molecule has 5 nitrogen and oxygen atoms in total. The highest BCUT2D eigenvalue weighted by molar-refractivity contribution is 7.13. The molecule has 0 N–H and O–H groups in total. The Morgan fingerprint density at radius 3 is 3.17 bits per heavy atom. The average Bonchev–Trinajstić information content (AvgIpc) is 3.33. The number of ether oxygens (including phenoxy) is 1. The lowest BCUT2D eigenvalue weighted by Gasteiger charge is -2.15. The zero-order valence-electron chi connectivity index (χ0n) is 12.6. The average molecular weight is 345 g/mol. The highest BCUT2D eigenvalue weighted by Crippen LogP contribution is 2.33. The van der Waals surface area contributed by atoms with Crippen LogP contribution in [0.5, 0.6) is 0 Å². The summed E-state index contributed by atoms with van der Waals surface area (Å²) in [4.78, 5) is 22.7. The van der Waals surface area contributed by atoms with Crippen LogP contribution in [0.25, 0.3) is 5.57 Å². The van der Waals surface area contributed by atoms with Gasteiger partial charge in [0.1, 0.15) is 10.7 Å². The van der Waals surface area contributed by atoms with Crippen molar-refractivity contribution in [1.29, 1.82) is 0 Å². The van der Waals surface area contributed by atoms with Crippen molar-refractivity contribution in [2.45, 2.75) is 18.9 Å². The zero-order chi connectivity index (χ0) is 15.8. The lowest BCUT2D eigenvalue weighted by Crippen LogP contribution is -2.26. The van der Waals surface area contributed by atoms with Gasteiger partial charge in [-0.15, -0.1) is 22.7 Å². The summed E-state index contributed by atoms with van der Waals surface area (Å²) >= 11 is 2.94. The molecule has 0 bridgehead atoms. The minimum atomic E-state index is -0.131. The van der Waals surface area contributed by atoms with E-state index in [1.54, 1.807) is 13.2 Å². The summed E-state index contributed by atoms with van der Waals surface area (Å²) in [6.07, 6.45) is 8.14. The van der Waals surface area contributed by atoms with Gasteiger partial charge in [0.2, 0.25) is 0 Å². The molecule has 0 radical (unpaired) electrons. The van der Waals surface area contributed by atoms with Crippen LogP contribution in [0.15, 0.2) is 34.7 Å². The fourth-order valence-electron chi connectivity index (χ4n) is 2.76. The zero-order valence-corrected chi connectivity index (χ0v) is 14.2. The number of anilines is 1. The molecule has 2 aliphatic rings. The van der Waals surface area contributed by atoms with Crippen LogP contribution in [0, 0.1) is 0 Å². The molecule has 4 rings (SSSR count). The molecular weight excluding hydrogens is 330 g/mol. The van der Waals surface area contributed by atoms with Crippen LogP contribution in [0.3, 0.4) is 0 Å². The number of thiazole rings is 2. The number of fused-ring (bicyclic) bond motifs is 1. The molecule has 0 saturated carbocycles. The highest BCUT2D eigenvalue weighted by Gasteiger charge is 2.25. The van der Waals surface area contributed by atoms with Crippen LogP contribution in [0.2, 0.25) is 0 Å². The lowest BCUT2D eigenvalue weighted by molar-refractivity contribution is 0.0989. The number of rotatable bonds is 3. The first-order chi connectivity index (χ1) is 11.2.